The third-order valence-corrected chi connectivity index (χ3v) is 7.06. The van der Waals surface area contributed by atoms with Crippen molar-refractivity contribution in [3.8, 4) is 11.1 Å². The van der Waals surface area contributed by atoms with E-state index in [4.69, 9.17) is 0 Å². The Kier molecular flexibility index (Phi) is 6.31. The molecule has 1 fully saturated rings. The number of carbonyl (C=O) groups excluding carboxylic acids is 2. The van der Waals surface area contributed by atoms with Crippen LogP contribution in [0, 0.1) is 19.8 Å². The summed E-state index contributed by atoms with van der Waals surface area (Å²) in [5.74, 6) is -3.95. The summed E-state index contributed by atoms with van der Waals surface area (Å²) < 4.78 is 29.1. The van der Waals surface area contributed by atoms with E-state index in [1.807, 2.05) is 44.2 Å². The Hall–Kier alpha value is -4.00. The monoisotopic (exact) mass is 501 g/mol. The minimum atomic E-state index is -2.90. The SMILES string of the molecule is CC1=C(C(=O)Nc2cccc(C(F)(F)C3CC3)c2)NC(c2cc(C=O)cc(-c3c(C)cccc3C)c2)N1. The molecule has 37 heavy (non-hydrogen) atoms. The van der Waals surface area contributed by atoms with Crippen LogP contribution in [-0.4, -0.2) is 12.2 Å². The Balaban J connectivity index is 1.37. The highest BCUT2D eigenvalue weighted by molar-refractivity contribution is 6.04. The molecule has 7 heteroatoms. The van der Waals surface area contributed by atoms with Gasteiger partial charge in [0.05, 0.1) is 0 Å². The molecule has 0 spiro atoms. The lowest BCUT2D eigenvalue weighted by Crippen LogP contribution is -2.28. The van der Waals surface area contributed by atoms with Gasteiger partial charge in [0, 0.05) is 28.4 Å². The predicted octanol–water partition coefficient (Wildman–Crippen LogP) is 6.35. The summed E-state index contributed by atoms with van der Waals surface area (Å²) in [6.45, 7) is 5.84. The molecule has 1 aliphatic carbocycles. The van der Waals surface area contributed by atoms with Crippen LogP contribution in [0.15, 0.2) is 72.1 Å². The second kappa shape index (κ2) is 9.47. The molecular weight excluding hydrogens is 472 g/mol. The molecule has 1 amide bonds. The molecule has 2 aliphatic rings. The van der Waals surface area contributed by atoms with Gasteiger partial charge in [-0.15, -0.1) is 0 Å². The molecule has 1 atom stereocenters. The molecule has 1 unspecified atom stereocenters. The zero-order valence-electron chi connectivity index (χ0n) is 21.0. The molecule has 0 saturated heterocycles. The van der Waals surface area contributed by atoms with Crippen LogP contribution in [0.1, 0.15) is 58.5 Å². The van der Waals surface area contributed by atoms with Crippen molar-refractivity contribution >= 4 is 17.9 Å². The zero-order valence-corrected chi connectivity index (χ0v) is 21.0. The fourth-order valence-electron chi connectivity index (χ4n) is 4.98. The average molecular weight is 502 g/mol. The largest absolute Gasteiger partial charge is 0.363 e. The molecule has 3 N–H and O–H groups in total. The Labute approximate surface area is 215 Å². The highest BCUT2D eigenvalue weighted by Gasteiger charge is 2.48. The van der Waals surface area contributed by atoms with Gasteiger partial charge >= 0.3 is 0 Å². The normalized spacial score (nSPS) is 17.3. The van der Waals surface area contributed by atoms with Gasteiger partial charge in [-0.05, 0) is 91.8 Å². The fourth-order valence-corrected chi connectivity index (χ4v) is 4.98. The van der Waals surface area contributed by atoms with E-state index in [2.05, 4.69) is 16.0 Å². The Morgan fingerprint density at radius 2 is 1.68 bits per heavy atom. The summed E-state index contributed by atoms with van der Waals surface area (Å²) in [5.41, 5.74) is 6.68. The van der Waals surface area contributed by atoms with Crippen LogP contribution in [0.3, 0.4) is 0 Å². The summed E-state index contributed by atoms with van der Waals surface area (Å²) in [5, 5.41) is 9.22. The maximum Gasteiger partial charge on any atom is 0.276 e. The number of rotatable bonds is 7. The van der Waals surface area contributed by atoms with Crippen molar-refractivity contribution in [2.24, 2.45) is 5.92 Å². The number of benzene rings is 3. The number of allylic oxidation sites excluding steroid dienone is 1. The van der Waals surface area contributed by atoms with Crippen molar-refractivity contribution in [2.75, 3.05) is 5.32 Å². The number of nitrogens with one attached hydrogen (secondary N) is 3. The number of carbonyl (C=O) groups is 2. The highest BCUT2D eigenvalue weighted by Crippen LogP contribution is 2.49. The van der Waals surface area contributed by atoms with E-state index in [1.165, 1.54) is 18.2 Å². The van der Waals surface area contributed by atoms with Gasteiger partial charge in [-0.1, -0.05) is 30.3 Å². The van der Waals surface area contributed by atoms with Crippen LogP contribution >= 0.6 is 0 Å². The molecule has 1 heterocycles. The van der Waals surface area contributed by atoms with Gasteiger partial charge in [0.2, 0.25) is 0 Å². The van der Waals surface area contributed by atoms with Crippen LogP contribution in [0.2, 0.25) is 0 Å². The summed E-state index contributed by atoms with van der Waals surface area (Å²) in [6, 6.07) is 17.6. The number of anilines is 1. The number of aldehydes is 1. The van der Waals surface area contributed by atoms with E-state index >= 15 is 0 Å². The van der Waals surface area contributed by atoms with Gasteiger partial charge in [0.15, 0.2) is 0 Å². The predicted molar refractivity (Wildman–Crippen MR) is 140 cm³/mol. The van der Waals surface area contributed by atoms with Crippen LogP contribution in [-0.2, 0) is 10.7 Å². The minimum Gasteiger partial charge on any atom is -0.363 e. The third-order valence-electron chi connectivity index (χ3n) is 7.06. The standard InChI is InChI=1S/C30H29F2N3O2/c1-17-6-4-7-18(2)26(17)21-12-20(16-36)13-22(14-21)28-33-19(3)27(35-28)29(37)34-25-9-5-8-24(15-25)30(31,32)23-10-11-23/h4-9,12-16,23,28,33,35H,10-11H2,1-3H3,(H,34,37). The Bertz CT molecular complexity index is 1410. The topological polar surface area (TPSA) is 70.2 Å². The Morgan fingerprint density at radius 3 is 2.35 bits per heavy atom. The first-order chi connectivity index (χ1) is 17.7. The van der Waals surface area contributed by atoms with Crippen LogP contribution in [0.4, 0.5) is 14.5 Å². The van der Waals surface area contributed by atoms with Crippen LogP contribution < -0.4 is 16.0 Å². The zero-order chi connectivity index (χ0) is 26.3. The van der Waals surface area contributed by atoms with Gasteiger partial charge < -0.3 is 16.0 Å². The van der Waals surface area contributed by atoms with E-state index in [-0.39, 0.29) is 5.56 Å². The molecule has 190 valence electrons. The van der Waals surface area contributed by atoms with Gasteiger partial charge in [-0.25, -0.2) is 8.78 Å². The van der Waals surface area contributed by atoms with Crippen molar-refractivity contribution in [3.63, 3.8) is 0 Å². The lowest BCUT2D eigenvalue weighted by atomic mass is 9.92. The number of hydrogen-bond donors (Lipinski definition) is 3. The number of amides is 1. The summed E-state index contributed by atoms with van der Waals surface area (Å²) in [4.78, 5) is 24.8. The quantitative estimate of drug-likeness (QED) is 0.330. The second-order valence-corrected chi connectivity index (χ2v) is 9.93. The molecule has 3 aromatic rings. The van der Waals surface area contributed by atoms with Gasteiger partial charge in [0.25, 0.3) is 11.8 Å². The molecule has 1 aliphatic heterocycles. The van der Waals surface area contributed by atoms with Gasteiger partial charge in [0.1, 0.15) is 18.1 Å². The molecule has 0 radical (unpaired) electrons. The fraction of sp³-hybridized carbons (Fsp3) is 0.267. The summed E-state index contributed by atoms with van der Waals surface area (Å²) in [7, 11) is 0. The number of alkyl halides is 2. The lowest BCUT2D eigenvalue weighted by Gasteiger charge is -2.18. The van der Waals surface area contributed by atoms with Crippen molar-refractivity contribution in [2.45, 2.75) is 45.7 Å². The molecule has 0 aromatic heterocycles. The van der Waals surface area contributed by atoms with E-state index in [9.17, 15) is 18.4 Å². The van der Waals surface area contributed by atoms with Crippen molar-refractivity contribution in [1.29, 1.82) is 0 Å². The smallest absolute Gasteiger partial charge is 0.276 e. The van der Waals surface area contributed by atoms with Crippen LogP contribution in [0.25, 0.3) is 11.1 Å². The molecule has 5 nitrogen and oxygen atoms in total. The van der Waals surface area contributed by atoms with E-state index in [0.29, 0.717) is 35.5 Å². The molecule has 0 bridgehead atoms. The first kappa shape index (κ1) is 24.7. The molecular formula is C30H29F2N3O2. The first-order valence-corrected chi connectivity index (χ1v) is 12.4. The lowest BCUT2D eigenvalue weighted by molar-refractivity contribution is -0.113. The van der Waals surface area contributed by atoms with Gasteiger partial charge in [-0.2, -0.15) is 0 Å². The average Bonchev–Trinajstić information content (AvgIpc) is 3.66. The molecule has 5 rings (SSSR count). The van der Waals surface area contributed by atoms with Gasteiger partial charge in [-0.3, -0.25) is 9.59 Å². The van der Waals surface area contributed by atoms with E-state index in [1.54, 1.807) is 19.1 Å². The van der Waals surface area contributed by atoms with Crippen molar-refractivity contribution in [3.05, 3.63) is 99.9 Å². The first-order valence-electron chi connectivity index (χ1n) is 12.4. The number of halogens is 2. The van der Waals surface area contributed by atoms with Crippen molar-refractivity contribution < 1.29 is 18.4 Å². The maximum atomic E-state index is 14.6. The van der Waals surface area contributed by atoms with E-state index < -0.39 is 23.9 Å². The molecule has 1 saturated carbocycles. The maximum absolute atomic E-state index is 14.6. The third kappa shape index (κ3) is 4.86. The summed E-state index contributed by atoms with van der Waals surface area (Å²) in [6.07, 6.45) is 1.41. The second-order valence-electron chi connectivity index (χ2n) is 9.93. The Morgan fingerprint density at radius 1 is 0.973 bits per heavy atom. The van der Waals surface area contributed by atoms with Crippen LogP contribution in [0.5, 0.6) is 0 Å². The highest BCUT2D eigenvalue weighted by atomic mass is 19.3. The minimum absolute atomic E-state index is 0.0846. The number of hydrogen-bond acceptors (Lipinski definition) is 4. The number of aryl methyl sites for hydroxylation is 2. The van der Waals surface area contributed by atoms with Crippen molar-refractivity contribution in [1.82, 2.24) is 10.6 Å². The van der Waals surface area contributed by atoms with E-state index in [0.717, 1.165) is 34.1 Å². The summed E-state index contributed by atoms with van der Waals surface area (Å²) >= 11 is 0. The molecule has 3 aromatic carbocycles.